The van der Waals surface area contributed by atoms with Crippen molar-refractivity contribution in [3.05, 3.63) is 11.6 Å². The zero-order chi connectivity index (χ0) is 9.35. The summed E-state index contributed by atoms with van der Waals surface area (Å²) in [7, 11) is 0. The molecule has 0 saturated carbocycles. The molecule has 1 aliphatic rings. The van der Waals surface area contributed by atoms with Crippen molar-refractivity contribution in [2.45, 2.75) is 26.3 Å². The minimum absolute atomic E-state index is 0.289. The van der Waals surface area contributed by atoms with Crippen LogP contribution in [0.4, 0.5) is 4.79 Å². The van der Waals surface area contributed by atoms with E-state index in [0.717, 1.165) is 5.57 Å². The maximum absolute atomic E-state index is 11.3. The van der Waals surface area contributed by atoms with Crippen LogP contribution >= 0.6 is 0 Å². The highest BCUT2D eigenvalue weighted by atomic mass is 16.2. The number of urea groups is 1. The van der Waals surface area contributed by atoms with Crippen LogP contribution in [0.3, 0.4) is 0 Å². The lowest BCUT2D eigenvalue weighted by Gasteiger charge is -2.20. The molecule has 1 fully saturated rings. The summed E-state index contributed by atoms with van der Waals surface area (Å²) in [5.74, 6) is -0.289. The van der Waals surface area contributed by atoms with Gasteiger partial charge in [-0.2, -0.15) is 0 Å². The Bertz CT molecular complexity index is 270. The van der Waals surface area contributed by atoms with E-state index in [1.807, 2.05) is 19.9 Å². The molecule has 0 spiro atoms. The number of allylic oxidation sites excluding steroid dienone is 1. The molecule has 1 unspecified atom stereocenters. The Morgan fingerprint density at radius 3 is 2.42 bits per heavy atom. The van der Waals surface area contributed by atoms with Crippen molar-refractivity contribution in [2.75, 3.05) is 0 Å². The van der Waals surface area contributed by atoms with E-state index in [9.17, 15) is 9.59 Å². The largest absolute Gasteiger partial charge is 0.322 e. The summed E-state index contributed by atoms with van der Waals surface area (Å²) in [4.78, 5) is 22.1. The van der Waals surface area contributed by atoms with Crippen molar-refractivity contribution in [3.63, 3.8) is 0 Å². The van der Waals surface area contributed by atoms with E-state index in [4.69, 9.17) is 0 Å². The smallest absolute Gasteiger partial charge is 0.320 e. The number of rotatable bonds is 1. The third-order valence-electron chi connectivity index (χ3n) is 2.27. The van der Waals surface area contributed by atoms with E-state index < -0.39 is 11.6 Å². The van der Waals surface area contributed by atoms with Gasteiger partial charge >= 0.3 is 6.03 Å². The summed E-state index contributed by atoms with van der Waals surface area (Å²) in [6.07, 6.45) is 1.81. The van der Waals surface area contributed by atoms with Crippen LogP contribution in [0.2, 0.25) is 0 Å². The molecule has 4 nitrogen and oxygen atoms in total. The Morgan fingerprint density at radius 2 is 2.08 bits per heavy atom. The van der Waals surface area contributed by atoms with Gasteiger partial charge < -0.3 is 5.32 Å². The van der Waals surface area contributed by atoms with E-state index in [-0.39, 0.29) is 5.91 Å². The molecule has 2 N–H and O–H groups in total. The average molecular weight is 168 g/mol. The first-order valence-corrected chi connectivity index (χ1v) is 3.77. The lowest BCUT2D eigenvalue weighted by atomic mass is 9.93. The molecule has 0 aliphatic carbocycles. The topological polar surface area (TPSA) is 58.2 Å². The molecule has 0 aromatic rings. The Morgan fingerprint density at radius 1 is 1.50 bits per heavy atom. The van der Waals surface area contributed by atoms with Crippen molar-refractivity contribution in [1.82, 2.24) is 10.6 Å². The van der Waals surface area contributed by atoms with Crippen LogP contribution in [0, 0.1) is 0 Å². The molecule has 12 heavy (non-hydrogen) atoms. The summed E-state index contributed by atoms with van der Waals surface area (Å²) in [5, 5.41) is 4.76. The van der Waals surface area contributed by atoms with Gasteiger partial charge in [0.1, 0.15) is 5.54 Å². The minimum atomic E-state index is -0.855. The third kappa shape index (κ3) is 1.09. The van der Waals surface area contributed by atoms with Crippen LogP contribution in [-0.4, -0.2) is 17.5 Å². The highest BCUT2D eigenvalue weighted by Gasteiger charge is 2.42. The fourth-order valence-electron chi connectivity index (χ4n) is 1.11. The quantitative estimate of drug-likeness (QED) is 0.443. The van der Waals surface area contributed by atoms with Gasteiger partial charge in [-0.25, -0.2) is 4.79 Å². The van der Waals surface area contributed by atoms with E-state index in [0.29, 0.717) is 0 Å². The second-order valence-electron chi connectivity index (χ2n) is 3.00. The molecule has 1 saturated heterocycles. The first kappa shape index (κ1) is 8.77. The lowest BCUT2D eigenvalue weighted by molar-refractivity contribution is -0.122. The molecule has 0 radical (unpaired) electrons. The Kier molecular flexibility index (Phi) is 1.92. The molecule has 1 heterocycles. The molecular formula is C8H12N2O2. The van der Waals surface area contributed by atoms with E-state index in [1.165, 1.54) is 0 Å². The molecule has 1 aliphatic heterocycles. The second-order valence-corrected chi connectivity index (χ2v) is 3.00. The maximum atomic E-state index is 11.3. The fourth-order valence-corrected chi connectivity index (χ4v) is 1.11. The number of hydrogen-bond acceptors (Lipinski definition) is 2. The zero-order valence-electron chi connectivity index (χ0n) is 7.39. The number of carbonyl (C=O) groups excluding carboxylic acids is 2. The monoisotopic (exact) mass is 168 g/mol. The van der Waals surface area contributed by atoms with Crippen molar-refractivity contribution >= 4 is 11.9 Å². The number of amides is 3. The SMILES string of the molecule is CC=C(C)C1(C)NC(=O)NC1=O. The standard InChI is InChI=1S/C8H12N2O2/c1-4-5(2)8(3)6(11)9-7(12)10-8/h4H,1-3H3,(H2,9,10,11,12). The third-order valence-corrected chi connectivity index (χ3v) is 2.27. The number of hydrogen-bond donors (Lipinski definition) is 2. The molecular weight excluding hydrogens is 156 g/mol. The number of imide groups is 1. The van der Waals surface area contributed by atoms with Gasteiger partial charge in [0.2, 0.25) is 0 Å². The van der Waals surface area contributed by atoms with Crippen LogP contribution in [0.1, 0.15) is 20.8 Å². The predicted molar refractivity (Wildman–Crippen MR) is 44.5 cm³/mol. The van der Waals surface area contributed by atoms with Gasteiger partial charge in [0.15, 0.2) is 0 Å². The van der Waals surface area contributed by atoms with Crippen molar-refractivity contribution in [1.29, 1.82) is 0 Å². The summed E-state index contributed by atoms with van der Waals surface area (Å²) < 4.78 is 0. The normalized spacial score (nSPS) is 30.1. The summed E-state index contributed by atoms with van der Waals surface area (Å²) in [6, 6.07) is -0.427. The van der Waals surface area contributed by atoms with E-state index in [2.05, 4.69) is 10.6 Å². The zero-order valence-corrected chi connectivity index (χ0v) is 7.39. The van der Waals surface area contributed by atoms with E-state index >= 15 is 0 Å². The number of nitrogens with one attached hydrogen (secondary N) is 2. The molecule has 1 atom stereocenters. The Hall–Kier alpha value is -1.32. The van der Waals surface area contributed by atoms with Crippen LogP contribution < -0.4 is 10.6 Å². The fraction of sp³-hybridized carbons (Fsp3) is 0.500. The Labute approximate surface area is 71.0 Å². The molecule has 66 valence electrons. The highest BCUT2D eigenvalue weighted by Crippen LogP contribution is 2.19. The molecule has 1 rings (SSSR count). The van der Waals surface area contributed by atoms with Gasteiger partial charge in [-0.15, -0.1) is 0 Å². The van der Waals surface area contributed by atoms with Gasteiger partial charge in [-0.3, -0.25) is 10.1 Å². The molecule has 4 heteroatoms. The van der Waals surface area contributed by atoms with Crippen molar-refractivity contribution in [3.8, 4) is 0 Å². The number of carbonyl (C=O) groups is 2. The summed E-state index contributed by atoms with van der Waals surface area (Å²) in [5.41, 5.74) is -0.0166. The van der Waals surface area contributed by atoms with Crippen molar-refractivity contribution < 1.29 is 9.59 Å². The minimum Gasteiger partial charge on any atom is -0.320 e. The summed E-state index contributed by atoms with van der Waals surface area (Å²) in [6.45, 7) is 5.33. The average Bonchev–Trinajstić information content (AvgIpc) is 2.26. The van der Waals surface area contributed by atoms with Crippen LogP contribution in [-0.2, 0) is 4.79 Å². The first-order valence-electron chi connectivity index (χ1n) is 3.77. The Balaban J connectivity index is 3.00. The van der Waals surface area contributed by atoms with Crippen LogP contribution in [0.25, 0.3) is 0 Å². The molecule has 0 bridgehead atoms. The van der Waals surface area contributed by atoms with Crippen LogP contribution in [0.5, 0.6) is 0 Å². The van der Waals surface area contributed by atoms with E-state index in [1.54, 1.807) is 6.92 Å². The maximum Gasteiger partial charge on any atom is 0.322 e. The molecule has 3 amide bonds. The predicted octanol–water partition coefficient (Wildman–Crippen LogP) is 0.551. The van der Waals surface area contributed by atoms with Gasteiger partial charge in [-0.05, 0) is 26.3 Å². The lowest BCUT2D eigenvalue weighted by Crippen LogP contribution is -2.44. The van der Waals surface area contributed by atoms with Gasteiger partial charge in [-0.1, -0.05) is 6.08 Å². The van der Waals surface area contributed by atoms with Gasteiger partial charge in [0, 0.05) is 0 Å². The molecule has 0 aromatic carbocycles. The second kappa shape index (κ2) is 2.62. The van der Waals surface area contributed by atoms with Crippen molar-refractivity contribution in [2.24, 2.45) is 0 Å². The summed E-state index contributed by atoms with van der Waals surface area (Å²) >= 11 is 0. The van der Waals surface area contributed by atoms with Gasteiger partial charge in [0.05, 0.1) is 0 Å². The first-order chi connectivity index (χ1) is 5.50. The van der Waals surface area contributed by atoms with Gasteiger partial charge in [0.25, 0.3) is 5.91 Å². The molecule has 0 aromatic heterocycles. The van der Waals surface area contributed by atoms with Crippen LogP contribution in [0.15, 0.2) is 11.6 Å². The highest BCUT2D eigenvalue weighted by molar-refractivity contribution is 6.08.